The van der Waals surface area contributed by atoms with Crippen molar-refractivity contribution in [3.05, 3.63) is 23.7 Å². The van der Waals surface area contributed by atoms with Crippen LogP contribution in [0.2, 0.25) is 0 Å². The third kappa shape index (κ3) is 2.03. The normalized spacial score (nSPS) is 29.8. The van der Waals surface area contributed by atoms with Crippen LogP contribution in [0.5, 0.6) is 0 Å². The molecule has 0 aliphatic heterocycles. The molecule has 0 bridgehead atoms. The highest BCUT2D eigenvalue weighted by molar-refractivity contribution is 5.71. The number of hydrogen-bond acceptors (Lipinski definition) is 3. The van der Waals surface area contributed by atoms with Crippen molar-refractivity contribution in [1.82, 2.24) is 15.0 Å². The number of fused-ring (bicyclic) bond motifs is 1. The predicted octanol–water partition coefficient (Wildman–Crippen LogP) is 3.13. The van der Waals surface area contributed by atoms with Gasteiger partial charge in [-0.05, 0) is 42.7 Å². The molecule has 3 unspecified atom stereocenters. The first-order valence-corrected chi connectivity index (χ1v) is 7.47. The lowest BCUT2D eigenvalue weighted by molar-refractivity contribution is 0.0954. The van der Waals surface area contributed by atoms with E-state index in [0.717, 1.165) is 35.4 Å². The number of imidazole rings is 1. The summed E-state index contributed by atoms with van der Waals surface area (Å²) in [7, 11) is 0. The van der Waals surface area contributed by atoms with Crippen molar-refractivity contribution in [2.75, 3.05) is 0 Å². The van der Waals surface area contributed by atoms with Gasteiger partial charge in [0.1, 0.15) is 5.82 Å². The summed E-state index contributed by atoms with van der Waals surface area (Å²) in [5, 5.41) is 0. The van der Waals surface area contributed by atoms with Crippen LogP contribution in [0.4, 0.5) is 0 Å². The fourth-order valence-corrected chi connectivity index (χ4v) is 3.53. The summed E-state index contributed by atoms with van der Waals surface area (Å²) in [5.41, 5.74) is 9.42. The molecule has 2 aromatic heterocycles. The highest BCUT2D eigenvalue weighted by atomic mass is 15.0. The van der Waals surface area contributed by atoms with Crippen LogP contribution in [-0.2, 0) is 0 Å². The number of aryl methyl sites for hydroxylation is 1. The van der Waals surface area contributed by atoms with Gasteiger partial charge in [-0.15, -0.1) is 0 Å². The van der Waals surface area contributed by atoms with Crippen molar-refractivity contribution >= 4 is 11.2 Å². The molecule has 4 nitrogen and oxygen atoms in total. The van der Waals surface area contributed by atoms with Crippen LogP contribution < -0.4 is 5.73 Å². The van der Waals surface area contributed by atoms with E-state index in [1.54, 1.807) is 0 Å². The zero-order chi connectivity index (χ0) is 14.5. The molecule has 3 atom stereocenters. The molecular weight excluding hydrogens is 248 g/mol. The van der Waals surface area contributed by atoms with Crippen molar-refractivity contribution in [2.45, 2.75) is 52.5 Å². The van der Waals surface area contributed by atoms with Crippen molar-refractivity contribution in [1.29, 1.82) is 0 Å². The van der Waals surface area contributed by atoms with E-state index in [1.807, 2.05) is 6.20 Å². The SMILES string of the molecule is Cc1cnc2nc(C3CCC(N)C(C)C3(C)C)[nH]c2c1. The Morgan fingerprint density at radius 3 is 2.85 bits per heavy atom. The summed E-state index contributed by atoms with van der Waals surface area (Å²) in [5.74, 6) is 1.98. The Balaban J connectivity index is 2.01. The van der Waals surface area contributed by atoms with Crippen LogP contribution in [0.1, 0.15) is 50.9 Å². The molecule has 0 saturated heterocycles. The summed E-state index contributed by atoms with van der Waals surface area (Å²) >= 11 is 0. The van der Waals surface area contributed by atoms with Gasteiger partial charge >= 0.3 is 0 Å². The number of hydrogen-bond donors (Lipinski definition) is 2. The minimum atomic E-state index is 0.153. The molecule has 0 radical (unpaired) electrons. The van der Waals surface area contributed by atoms with Crippen LogP contribution in [0, 0.1) is 18.3 Å². The summed E-state index contributed by atoms with van der Waals surface area (Å²) < 4.78 is 0. The minimum Gasteiger partial charge on any atom is -0.340 e. The van der Waals surface area contributed by atoms with Gasteiger partial charge in [0.2, 0.25) is 0 Å². The molecule has 1 fully saturated rings. The van der Waals surface area contributed by atoms with Gasteiger partial charge in [0, 0.05) is 18.2 Å². The third-order valence-corrected chi connectivity index (χ3v) is 5.33. The van der Waals surface area contributed by atoms with Gasteiger partial charge in [-0.2, -0.15) is 0 Å². The molecule has 2 aromatic rings. The molecule has 20 heavy (non-hydrogen) atoms. The summed E-state index contributed by atoms with van der Waals surface area (Å²) in [6, 6.07) is 2.41. The monoisotopic (exact) mass is 272 g/mol. The van der Waals surface area contributed by atoms with Gasteiger partial charge in [0.25, 0.3) is 0 Å². The van der Waals surface area contributed by atoms with Crippen LogP contribution in [0.15, 0.2) is 12.3 Å². The van der Waals surface area contributed by atoms with E-state index in [4.69, 9.17) is 10.7 Å². The number of nitrogens with one attached hydrogen (secondary N) is 1. The molecule has 2 heterocycles. The zero-order valence-corrected chi connectivity index (χ0v) is 12.8. The summed E-state index contributed by atoms with van der Waals surface area (Å²) in [6.07, 6.45) is 4.04. The number of H-pyrrole nitrogens is 1. The quantitative estimate of drug-likeness (QED) is 0.838. The molecule has 108 valence electrons. The van der Waals surface area contributed by atoms with Gasteiger partial charge in [0.15, 0.2) is 5.65 Å². The second-order valence-electron chi connectivity index (χ2n) is 6.91. The van der Waals surface area contributed by atoms with Crippen molar-refractivity contribution in [3.8, 4) is 0 Å². The molecule has 3 rings (SSSR count). The van der Waals surface area contributed by atoms with Crippen LogP contribution in [-0.4, -0.2) is 21.0 Å². The van der Waals surface area contributed by atoms with Gasteiger partial charge < -0.3 is 10.7 Å². The molecule has 0 spiro atoms. The maximum absolute atomic E-state index is 6.25. The smallest absolute Gasteiger partial charge is 0.177 e. The third-order valence-electron chi connectivity index (χ3n) is 5.33. The van der Waals surface area contributed by atoms with Crippen molar-refractivity contribution < 1.29 is 0 Å². The number of nitrogens with two attached hydrogens (primary N) is 1. The number of aromatic nitrogens is 3. The van der Waals surface area contributed by atoms with E-state index in [0.29, 0.717) is 17.9 Å². The lowest BCUT2D eigenvalue weighted by atomic mass is 9.61. The van der Waals surface area contributed by atoms with E-state index in [9.17, 15) is 0 Å². The Kier molecular flexibility index (Phi) is 3.09. The predicted molar refractivity (Wildman–Crippen MR) is 81.5 cm³/mol. The van der Waals surface area contributed by atoms with Crippen LogP contribution in [0.3, 0.4) is 0 Å². The van der Waals surface area contributed by atoms with Crippen molar-refractivity contribution in [3.63, 3.8) is 0 Å². The lowest BCUT2D eigenvalue weighted by Gasteiger charge is -2.46. The number of pyridine rings is 1. The summed E-state index contributed by atoms with van der Waals surface area (Å²) in [4.78, 5) is 12.6. The Bertz CT molecular complexity index is 628. The first kappa shape index (κ1) is 13.6. The fraction of sp³-hybridized carbons (Fsp3) is 0.625. The lowest BCUT2D eigenvalue weighted by Crippen LogP contribution is -2.46. The van der Waals surface area contributed by atoms with Gasteiger partial charge in [-0.25, -0.2) is 9.97 Å². The van der Waals surface area contributed by atoms with E-state index in [-0.39, 0.29) is 5.41 Å². The first-order valence-electron chi connectivity index (χ1n) is 7.47. The maximum Gasteiger partial charge on any atom is 0.177 e. The molecule has 1 aliphatic rings. The topological polar surface area (TPSA) is 67.6 Å². The Hall–Kier alpha value is -1.42. The highest BCUT2D eigenvalue weighted by Crippen LogP contribution is 2.49. The number of nitrogens with zero attached hydrogens (tertiary/aromatic N) is 2. The molecule has 3 N–H and O–H groups in total. The average Bonchev–Trinajstić information content (AvgIpc) is 2.78. The molecule has 1 saturated carbocycles. The molecular formula is C16H24N4. The van der Waals surface area contributed by atoms with Crippen LogP contribution >= 0.6 is 0 Å². The Labute approximate surface area is 120 Å². The Morgan fingerprint density at radius 1 is 1.35 bits per heavy atom. The van der Waals surface area contributed by atoms with E-state index < -0.39 is 0 Å². The van der Waals surface area contributed by atoms with Gasteiger partial charge in [0.05, 0.1) is 5.52 Å². The summed E-state index contributed by atoms with van der Waals surface area (Å²) in [6.45, 7) is 8.95. The standard InChI is InChI=1S/C16H24N4/c1-9-7-13-15(18-8-9)20-14(19-13)11-5-6-12(17)10(2)16(11,3)4/h7-8,10-12H,5-6,17H2,1-4H3,(H,18,19,20). The van der Waals surface area contributed by atoms with E-state index in [1.165, 1.54) is 0 Å². The van der Waals surface area contributed by atoms with E-state index >= 15 is 0 Å². The van der Waals surface area contributed by atoms with Crippen molar-refractivity contribution in [2.24, 2.45) is 17.1 Å². The number of aromatic amines is 1. The molecule has 0 amide bonds. The van der Waals surface area contributed by atoms with Crippen LogP contribution in [0.25, 0.3) is 11.2 Å². The maximum atomic E-state index is 6.25. The zero-order valence-electron chi connectivity index (χ0n) is 12.8. The molecule has 1 aliphatic carbocycles. The average molecular weight is 272 g/mol. The minimum absolute atomic E-state index is 0.153. The number of rotatable bonds is 1. The second kappa shape index (κ2) is 4.55. The fourth-order valence-electron chi connectivity index (χ4n) is 3.53. The second-order valence-corrected chi connectivity index (χ2v) is 6.91. The van der Waals surface area contributed by atoms with E-state index in [2.05, 4.69) is 43.7 Å². The Morgan fingerprint density at radius 2 is 2.10 bits per heavy atom. The molecule has 0 aromatic carbocycles. The highest BCUT2D eigenvalue weighted by Gasteiger charge is 2.43. The van der Waals surface area contributed by atoms with Gasteiger partial charge in [-0.1, -0.05) is 20.8 Å². The molecule has 4 heteroatoms. The largest absolute Gasteiger partial charge is 0.340 e. The first-order chi connectivity index (χ1) is 9.39. The van der Waals surface area contributed by atoms with Gasteiger partial charge in [-0.3, -0.25) is 0 Å².